The Bertz CT molecular complexity index is 1180. The van der Waals surface area contributed by atoms with Crippen LogP contribution in [0.2, 0.25) is 0 Å². The Morgan fingerprint density at radius 1 is 1.36 bits per heavy atom. The molecule has 2 aromatic rings. The van der Waals surface area contributed by atoms with E-state index in [2.05, 4.69) is 14.4 Å². The van der Waals surface area contributed by atoms with Crippen molar-refractivity contribution < 1.29 is 40.8 Å². The van der Waals surface area contributed by atoms with Gasteiger partial charge in [0.05, 0.1) is 17.6 Å². The third-order valence-electron chi connectivity index (χ3n) is 5.69. The summed E-state index contributed by atoms with van der Waals surface area (Å²) in [6.07, 6.45) is -3.28. The predicted octanol–water partition coefficient (Wildman–Crippen LogP) is 3.52. The molecule has 8 nitrogen and oxygen atoms in total. The number of aliphatic carboxylic acids is 1. The number of alkyl halides is 3. The number of carbonyl (C=O) groups is 1. The van der Waals surface area contributed by atoms with E-state index < -0.39 is 50.6 Å². The molecule has 0 spiro atoms. The molecule has 1 fully saturated rings. The lowest BCUT2D eigenvalue weighted by molar-refractivity contribution is -0.155. The van der Waals surface area contributed by atoms with Crippen molar-refractivity contribution in [3.8, 4) is 0 Å². The van der Waals surface area contributed by atoms with E-state index in [-0.39, 0.29) is 23.0 Å². The van der Waals surface area contributed by atoms with E-state index in [0.717, 1.165) is 17.8 Å². The first-order valence-electron chi connectivity index (χ1n) is 9.72. The number of carboxylic acid groups (broad SMARTS) is 1. The molecule has 4 atom stereocenters. The molecule has 2 heterocycles. The van der Waals surface area contributed by atoms with Gasteiger partial charge in [0.25, 0.3) is 0 Å². The van der Waals surface area contributed by atoms with Crippen LogP contribution in [0.25, 0.3) is 0 Å². The minimum absolute atomic E-state index is 0.0162. The van der Waals surface area contributed by atoms with Crippen LogP contribution in [0.15, 0.2) is 51.2 Å². The molecule has 33 heavy (non-hydrogen) atoms. The molecule has 2 N–H and O–H groups in total. The fourth-order valence-corrected chi connectivity index (χ4v) is 7.24. The van der Waals surface area contributed by atoms with E-state index in [1.807, 2.05) is 0 Å². The fourth-order valence-electron chi connectivity index (χ4n) is 4.14. The summed E-state index contributed by atoms with van der Waals surface area (Å²) in [6.45, 7) is 0.0162. The van der Waals surface area contributed by atoms with Gasteiger partial charge < -0.3 is 14.4 Å². The molecule has 0 radical (unpaired) electrons. The molecule has 0 amide bonds. The number of ether oxygens (including phenoxy) is 1. The van der Waals surface area contributed by atoms with E-state index in [9.17, 15) is 31.5 Å². The topological polar surface area (TPSA) is 119 Å². The van der Waals surface area contributed by atoms with Gasteiger partial charge in [-0.1, -0.05) is 41.6 Å². The number of hydrogen-bond acceptors (Lipinski definition) is 7. The van der Waals surface area contributed by atoms with E-state index in [4.69, 9.17) is 4.74 Å². The average molecular weight is 505 g/mol. The predicted molar refractivity (Wildman–Crippen MR) is 112 cm³/mol. The molecule has 0 saturated heterocycles. The molecule has 1 aromatic heterocycles. The van der Waals surface area contributed by atoms with Crippen molar-refractivity contribution in [2.45, 2.75) is 29.3 Å². The zero-order valence-electron chi connectivity index (χ0n) is 17.1. The summed E-state index contributed by atoms with van der Waals surface area (Å²) in [6, 6.07) is 9.38. The van der Waals surface area contributed by atoms with Crippen molar-refractivity contribution in [3.05, 3.63) is 63.7 Å². The van der Waals surface area contributed by atoms with Gasteiger partial charge in [-0.2, -0.15) is 17.9 Å². The average Bonchev–Trinajstić information content (AvgIpc) is 3.17. The Balaban J connectivity index is 1.56. The van der Waals surface area contributed by atoms with Crippen molar-refractivity contribution in [1.82, 2.24) is 9.88 Å². The van der Waals surface area contributed by atoms with Gasteiger partial charge in [-0.05, 0) is 12.0 Å². The summed E-state index contributed by atoms with van der Waals surface area (Å²) in [5.41, 5.74) is -1.21. The first-order chi connectivity index (χ1) is 15.5. The number of nitrogens with zero attached hydrogens (tertiary/aromatic N) is 1. The summed E-state index contributed by atoms with van der Waals surface area (Å²) in [4.78, 5) is 12.3. The Kier molecular flexibility index (Phi) is 6.10. The van der Waals surface area contributed by atoms with Crippen LogP contribution in [-0.4, -0.2) is 43.9 Å². The maximum Gasteiger partial charge on any atom is 0.452 e. The lowest BCUT2D eigenvalue weighted by atomic mass is 10.1. The van der Waals surface area contributed by atoms with Gasteiger partial charge in [0.2, 0.25) is 15.8 Å². The number of halogens is 3. The molecule has 4 rings (SSSR count). The smallest absolute Gasteiger partial charge is 0.452 e. The first-order valence-corrected chi connectivity index (χ1v) is 12.1. The number of thioether (sulfide) groups is 1. The number of carboxylic acids is 1. The molecule has 1 aliphatic carbocycles. The van der Waals surface area contributed by atoms with Crippen LogP contribution in [0.1, 0.15) is 34.6 Å². The normalized spacial score (nSPS) is 27.4. The summed E-state index contributed by atoms with van der Waals surface area (Å²) in [5, 5.41) is 12.7. The van der Waals surface area contributed by atoms with Crippen molar-refractivity contribution in [3.63, 3.8) is 0 Å². The summed E-state index contributed by atoms with van der Waals surface area (Å²) in [5.74, 6) is -3.92. The van der Waals surface area contributed by atoms with E-state index >= 15 is 0 Å². The van der Waals surface area contributed by atoms with Crippen molar-refractivity contribution in [1.29, 1.82) is 0 Å². The van der Waals surface area contributed by atoms with E-state index in [0.29, 0.717) is 5.56 Å². The Morgan fingerprint density at radius 2 is 2.06 bits per heavy atom. The van der Waals surface area contributed by atoms with Gasteiger partial charge in [0.1, 0.15) is 9.78 Å². The molecule has 1 aliphatic heterocycles. The number of sulfonamides is 1. The summed E-state index contributed by atoms with van der Waals surface area (Å²) < 4.78 is 76.2. The maximum absolute atomic E-state index is 13.1. The molecule has 4 unspecified atom stereocenters. The number of methoxy groups -OCH3 is 1. The highest BCUT2D eigenvalue weighted by atomic mass is 32.3. The van der Waals surface area contributed by atoms with Crippen LogP contribution in [0.4, 0.5) is 13.2 Å². The van der Waals surface area contributed by atoms with Gasteiger partial charge in [-0.3, -0.25) is 4.79 Å². The van der Waals surface area contributed by atoms with Gasteiger partial charge in [-0.15, -0.1) is 11.8 Å². The Morgan fingerprint density at radius 3 is 2.64 bits per heavy atom. The zero-order chi connectivity index (χ0) is 24.0. The highest BCUT2D eigenvalue weighted by Crippen LogP contribution is 2.59. The van der Waals surface area contributed by atoms with Crippen LogP contribution < -0.4 is 4.72 Å². The largest absolute Gasteiger partial charge is 0.480 e. The SMILES string of the molecule is COCC1C(c2ccccc2)C1(NS(=O)(=O)C1=CCC(c2cc(C(F)(F)F)on2)S1)C(=O)O. The number of benzene rings is 1. The second kappa shape index (κ2) is 8.46. The first kappa shape index (κ1) is 23.8. The molecular formula is C20H19F3N2O6S2. The summed E-state index contributed by atoms with van der Waals surface area (Å²) in [7, 11) is -2.90. The Hall–Kier alpha value is -2.35. The van der Waals surface area contributed by atoms with Crippen molar-refractivity contribution in [2.24, 2.45) is 5.92 Å². The zero-order valence-corrected chi connectivity index (χ0v) is 18.7. The standard InChI is InChI=1S/C20H19F3N2O6S2/c1-30-10-12-17(11-5-3-2-4-6-11)19(12,18(26)27)25-33(28,29)16-8-7-14(32-16)13-9-15(31-24-13)20(21,22)23/h2-6,8-9,12,14,17,25H,7,10H2,1H3,(H,26,27). The third kappa shape index (κ3) is 4.29. The van der Waals surface area contributed by atoms with Gasteiger partial charge in [0, 0.05) is 25.0 Å². The van der Waals surface area contributed by atoms with Crippen LogP contribution in [0.5, 0.6) is 0 Å². The van der Waals surface area contributed by atoms with Crippen LogP contribution in [0.3, 0.4) is 0 Å². The molecular weight excluding hydrogens is 485 g/mol. The lowest BCUT2D eigenvalue weighted by Gasteiger charge is -2.17. The number of rotatable bonds is 8. The highest BCUT2D eigenvalue weighted by molar-refractivity contribution is 8.18. The molecule has 13 heteroatoms. The minimum Gasteiger partial charge on any atom is -0.480 e. The molecule has 1 saturated carbocycles. The molecule has 2 aliphatic rings. The highest BCUT2D eigenvalue weighted by Gasteiger charge is 2.72. The lowest BCUT2D eigenvalue weighted by Crippen LogP contribution is -2.46. The Labute approximate surface area is 191 Å². The van der Waals surface area contributed by atoms with Crippen molar-refractivity contribution >= 4 is 27.8 Å². The second-order valence-electron chi connectivity index (χ2n) is 7.71. The van der Waals surface area contributed by atoms with Crippen LogP contribution in [-0.2, 0) is 25.7 Å². The molecule has 1 aromatic carbocycles. The monoisotopic (exact) mass is 504 g/mol. The number of aromatic nitrogens is 1. The van der Waals surface area contributed by atoms with E-state index in [1.54, 1.807) is 30.3 Å². The third-order valence-corrected chi connectivity index (χ3v) is 9.06. The fraction of sp³-hybridized carbons (Fsp3) is 0.400. The van der Waals surface area contributed by atoms with E-state index in [1.165, 1.54) is 13.2 Å². The van der Waals surface area contributed by atoms with Gasteiger partial charge >= 0.3 is 12.1 Å². The number of hydrogen-bond donors (Lipinski definition) is 2. The summed E-state index contributed by atoms with van der Waals surface area (Å²) >= 11 is 0.783. The van der Waals surface area contributed by atoms with Crippen LogP contribution >= 0.6 is 11.8 Å². The molecule has 178 valence electrons. The van der Waals surface area contributed by atoms with Crippen molar-refractivity contribution in [2.75, 3.05) is 13.7 Å². The minimum atomic E-state index is -4.71. The number of nitrogens with one attached hydrogen (secondary N) is 1. The van der Waals surface area contributed by atoms with Gasteiger partial charge in [0.15, 0.2) is 0 Å². The second-order valence-corrected chi connectivity index (χ2v) is 10.9. The molecule has 0 bridgehead atoms. The van der Waals surface area contributed by atoms with Crippen LogP contribution in [0, 0.1) is 5.92 Å². The maximum atomic E-state index is 13.1. The number of allylic oxidation sites excluding steroid dienone is 1. The van der Waals surface area contributed by atoms with Gasteiger partial charge in [-0.25, -0.2) is 8.42 Å². The quantitative estimate of drug-likeness (QED) is 0.561.